The number of rotatable bonds is 6. The molecule has 0 heterocycles. The third-order valence-corrected chi connectivity index (χ3v) is 3.73. The molecule has 14 heavy (non-hydrogen) atoms. The summed E-state index contributed by atoms with van der Waals surface area (Å²) in [6.07, 6.45) is 2.98. The van der Waals surface area contributed by atoms with Gasteiger partial charge in [-0.05, 0) is 36.1 Å². The zero-order valence-electron chi connectivity index (χ0n) is 8.40. The Hall–Kier alpha value is -0.120. The highest BCUT2D eigenvalue weighted by Crippen LogP contribution is 2.18. The number of hydrogen-bond acceptors (Lipinski definition) is 3. The quantitative estimate of drug-likeness (QED) is 0.597. The molecule has 0 aliphatic rings. The Morgan fingerprint density at radius 2 is 1.93 bits per heavy atom. The fourth-order valence-electron chi connectivity index (χ4n) is 1.08. The lowest BCUT2D eigenvalue weighted by Crippen LogP contribution is -1.87. The van der Waals surface area contributed by atoms with Gasteiger partial charge >= 0.3 is 0 Å². The van der Waals surface area contributed by atoms with E-state index in [1.165, 1.54) is 10.5 Å². The van der Waals surface area contributed by atoms with Crippen molar-refractivity contribution in [3.8, 4) is 0 Å². The first-order valence-electron chi connectivity index (χ1n) is 4.68. The van der Waals surface area contributed by atoms with Crippen LogP contribution < -0.4 is 0 Å². The van der Waals surface area contributed by atoms with Gasteiger partial charge in [-0.2, -0.15) is 11.8 Å². The maximum Gasteiger partial charge on any atom is 0.0438 e. The lowest BCUT2D eigenvalue weighted by molar-refractivity contribution is 0.296. The summed E-state index contributed by atoms with van der Waals surface area (Å²) in [6, 6.07) is 8.68. The van der Waals surface area contributed by atoms with Crippen molar-refractivity contribution in [3.63, 3.8) is 0 Å². The molecule has 3 heteroatoms. The molecular weight excluding hydrogens is 212 g/mol. The summed E-state index contributed by atoms with van der Waals surface area (Å²) < 4.78 is 0. The molecule has 0 saturated heterocycles. The van der Waals surface area contributed by atoms with Gasteiger partial charge in [0, 0.05) is 17.3 Å². The predicted octanol–water partition coefficient (Wildman–Crippen LogP) is 3.02. The van der Waals surface area contributed by atoms with Crippen LogP contribution in [0.1, 0.15) is 12.0 Å². The van der Waals surface area contributed by atoms with Crippen molar-refractivity contribution in [2.24, 2.45) is 0 Å². The van der Waals surface area contributed by atoms with Crippen LogP contribution in [0.15, 0.2) is 29.2 Å². The Kier molecular flexibility index (Phi) is 6.15. The highest BCUT2D eigenvalue weighted by Gasteiger charge is 1.94. The van der Waals surface area contributed by atoms with Gasteiger partial charge in [-0.15, -0.1) is 11.8 Å². The fraction of sp³-hybridized carbons (Fsp3) is 0.455. The molecule has 0 fully saturated rings. The lowest BCUT2D eigenvalue weighted by atomic mass is 10.2. The summed E-state index contributed by atoms with van der Waals surface area (Å²) in [5.41, 5.74) is 1.37. The molecule has 0 aromatic heterocycles. The van der Waals surface area contributed by atoms with Gasteiger partial charge in [-0.25, -0.2) is 0 Å². The number of benzene rings is 1. The molecular formula is C11H16OS2. The molecule has 0 radical (unpaired) electrons. The number of aliphatic hydroxyl groups is 1. The minimum atomic E-state index is 0.304. The van der Waals surface area contributed by atoms with Crippen LogP contribution >= 0.6 is 23.5 Å². The maximum absolute atomic E-state index is 8.62. The summed E-state index contributed by atoms with van der Waals surface area (Å²) in [4.78, 5) is 1.31. The zero-order chi connectivity index (χ0) is 10.2. The van der Waals surface area contributed by atoms with E-state index in [2.05, 4.69) is 30.5 Å². The van der Waals surface area contributed by atoms with E-state index in [4.69, 9.17) is 5.11 Å². The van der Waals surface area contributed by atoms with E-state index < -0.39 is 0 Å². The second-order valence-electron chi connectivity index (χ2n) is 2.98. The van der Waals surface area contributed by atoms with E-state index in [1.807, 2.05) is 11.8 Å². The Morgan fingerprint density at radius 1 is 1.21 bits per heavy atom. The van der Waals surface area contributed by atoms with Crippen LogP contribution in [0.3, 0.4) is 0 Å². The lowest BCUT2D eigenvalue weighted by Gasteiger charge is -2.02. The summed E-state index contributed by atoms with van der Waals surface area (Å²) >= 11 is 3.65. The van der Waals surface area contributed by atoms with Gasteiger partial charge in [0.2, 0.25) is 0 Å². The van der Waals surface area contributed by atoms with E-state index in [9.17, 15) is 0 Å². The Morgan fingerprint density at radius 3 is 2.50 bits per heavy atom. The molecule has 1 aromatic carbocycles. The predicted molar refractivity (Wildman–Crippen MR) is 66.1 cm³/mol. The van der Waals surface area contributed by atoms with Crippen molar-refractivity contribution in [2.75, 3.05) is 18.6 Å². The Balaban J connectivity index is 2.29. The van der Waals surface area contributed by atoms with Crippen LogP contribution in [-0.2, 0) is 5.75 Å². The van der Waals surface area contributed by atoms with E-state index in [0.717, 1.165) is 17.9 Å². The van der Waals surface area contributed by atoms with Gasteiger partial charge in [-0.3, -0.25) is 0 Å². The third kappa shape index (κ3) is 4.40. The number of aliphatic hydroxyl groups excluding tert-OH is 1. The first kappa shape index (κ1) is 12.0. The van der Waals surface area contributed by atoms with Crippen LogP contribution in [0.25, 0.3) is 0 Å². The van der Waals surface area contributed by atoms with Crippen LogP contribution in [0.4, 0.5) is 0 Å². The van der Waals surface area contributed by atoms with Gasteiger partial charge in [0.25, 0.3) is 0 Å². The first-order valence-corrected chi connectivity index (χ1v) is 7.06. The monoisotopic (exact) mass is 228 g/mol. The van der Waals surface area contributed by atoms with Gasteiger partial charge in [0.1, 0.15) is 0 Å². The minimum Gasteiger partial charge on any atom is -0.396 e. The molecule has 1 N–H and O–H groups in total. The van der Waals surface area contributed by atoms with Crippen molar-refractivity contribution in [2.45, 2.75) is 17.1 Å². The molecule has 0 aliphatic carbocycles. The fourth-order valence-corrected chi connectivity index (χ4v) is 2.39. The van der Waals surface area contributed by atoms with Crippen molar-refractivity contribution in [1.29, 1.82) is 0 Å². The maximum atomic E-state index is 8.62. The van der Waals surface area contributed by atoms with Crippen LogP contribution in [0, 0.1) is 0 Å². The van der Waals surface area contributed by atoms with Crippen molar-refractivity contribution < 1.29 is 5.11 Å². The van der Waals surface area contributed by atoms with Crippen LogP contribution in [0.5, 0.6) is 0 Å². The van der Waals surface area contributed by atoms with E-state index in [1.54, 1.807) is 11.8 Å². The van der Waals surface area contributed by atoms with Crippen molar-refractivity contribution in [3.05, 3.63) is 29.8 Å². The summed E-state index contributed by atoms with van der Waals surface area (Å²) in [5.74, 6) is 2.09. The minimum absolute atomic E-state index is 0.304. The van der Waals surface area contributed by atoms with Crippen molar-refractivity contribution >= 4 is 23.5 Å². The van der Waals surface area contributed by atoms with Gasteiger partial charge in [0.15, 0.2) is 0 Å². The smallest absolute Gasteiger partial charge is 0.0438 e. The molecule has 1 nitrogen and oxygen atoms in total. The molecule has 0 aliphatic heterocycles. The van der Waals surface area contributed by atoms with Gasteiger partial charge in [-0.1, -0.05) is 12.1 Å². The molecule has 78 valence electrons. The van der Waals surface area contributed by atoms with Gasteiger partial charge in [0.05, 0.1) is 0 Å². The first-order chi connectivity index (χ1) is 6.86. The molecule has 0 spiro atoms. The van der Waals surface area contributed by atoms with Crippen molar-refractivity contribution in [1.82, 2.24) is 0 Å². The topological polar surface area (TPSA) is 20.2 Å². The molecule has 0 amide bonds. The zero-order valence-corrected chi connectivity index (χ0v) is 10.0. The molecule has 0 bridgehead atoms. The molecule has 1 aromatic rings. The van der Waals surface area contributed by atoms with E-state index in [0.29, 0.717) is 6.61 Å². The molecule has 0 unspecified atom stereocenters. The molecule has 0 saturated carbocycles. The summed E-state index contributed by atoms with van der Waals surface area (Å²) in [6.45, 7) is 0.304. The third-order valence-electron chi connectivity index (χ3n) is 1.87. The van der Waals surface area contributed by atoms with Crippen LogP contribution in [0.2, 0.25) is 0 Å². The van der Waals surface area contributed by atoms with Crippen LogP contribution in [-0.4, -0.2) is 23.7 Å². The average Bonchev–Trinajstić information content (AvgIpc) is 2.25. The average molecular weight is 228 g/mol. The Labute approximate surface area is 94.3 Å². The standard InChI is InChI=1S/C11H16OS2/c1-13-11-5-3-10(4-6-11)9-14-8-2-7-12/h3-6,12H,2,7-9H2,1H3. The second-order valence-corrected chi connectivity index (χ2v) is 4.96. The molecule has 1 rings (SSSR count). The van der Waals surface area contributed by atoms with Gasteiger partial charge < -0.3 is 5.11 Å². The van der Waals surface area contributed by atoms with E-state index in [-0.39, 0.29) is 0 Å². The second kappa shape index (κ2) is 7.21. The SMILES string of the molecule is CSc1ccc(CSCCCO)cc1. The Bertz CT molecular complexity index is 246. The summed E-state index contributed by atoms with van der Waals surface area (Å²) in [5, 5.41) is 8.62. The largest absolute Gasteiger partial charge is 0.396 e. The number of thioether (sulfide) groups is 2. The summed E-state index contributed by atoms with van der Waals surface area (Å²) in [7, 11) is 0. The number of hydrogen-bond donors (Lipinski definition) is 1. The highest BCUT2D eigenvalue weighted by atomic mass is 32.2. The highest BCUT2D eigenvalue weighted by molar-refractivity contribution is 7.98. The molecule has 0 atom stereocenters. The van der Waals surface area contributed by atoms with E-state index >= 15 is 0 Å². The normalized spacial score (nSPS) is 10.4.